The van der Waals surface area contributed by atoms with Gasteiger partial charge in [0.25, 0.3) is 0 Å². The van der Waals surface area contributed by atoms with Gasteiger partial charge in [0.2, 0.25) is 5.91 Å². The zero-order valence-electron chi connectivity index (χ0n) is 21.1. The molecule has 0 fully saturated rings. The number of H-pyrrole nitrogens is 2. The second-order valence-electron chi connectivity index (χ2n) is 9.93. The Morgan fingerprint density at radius 1 is 1.08 bits per heavy atom. The number of benzene rings is 1. The van der Waals surface area contributed by atoms with Crippen LogP contribution in [0.5, 0.6) is 0 Å². The summed E-state index contributed by atoms with van der Waals surface area (Å²) in [4.78, 5) is 29.0. The molecule has 6 heterocycles. The Morgan fingerprint density at radius 2 is 1.97 bits per heavy atom. The lowest BCUT2D eigenvalue weighted by atomic mass is 9.75. The average Bonchev–Trinajstić information content (AvgIpc) is 3.74. The number of hydrazone groups is 1. The summed E-state index contributed by atoms with van der Waals surface area (Å²) in [6.45, 7) is 4.80. The molecule has 5 aromatic rings. The van der Waals surface area contributed by atoms with Crippen molar-refractivity contribution in [3.8, 4) is 11.4 Å². The third kappa shape index (κ3) is 3.41. The van der Waals surface area contributed by atoms with Crippen molar-refractivity contribution < 1.29 is 4.79 Å². The minimum atomic E-state index is -0.904. The number of aryl methyl sites for hydroxylation is 2. The molecular formula is C28H27N9O. The van der Waals surface area contributed by atoms with Gasteiger partial charge < -0.3 is 9.97 Å². The van der Waals surface area contributed by atoms with Crippen LogP contribution in [0.2, 0.25) is 0 Å². The molecule has 0 spiro atoms. The van der Waals surface area contributed by atoms with Crippen molar-refractivity contribution >= 4 is 22.5 Å². The van der Waals surface area contributed by atoms with Crippen LogP contribution in [0.25, 0.3) is 22.3 Å². The number of carbonyl (C=O) groups excluding carboxylic acids is 1. The number of amides is 1. The van der Waals surface area contributed by atoms with Crippen molar-refractivity contribution in [2.24, 2.45) is 5.10 Å². The van der Waals surface area contributed by atoms with E-state index in [9.17, 15) is 4.79 Å². The molecule has 1 aromatic carbocycles. The number of nitrogens with one attached hydrogen (secondary N) is 4. The number of fused-ring (bicyclic) bond motifs is 3. The molecule has 10 nitrogen and oxygen atoms in total. The number of aromatic amines is 2. The first kappa shape index (κ1) is 22.6. The van der Waals surface area contributed by atoms with Gasteiger partial charge in [-0.25, -0.2) is 10.4 Å². The molecule has 190 valence electrons. The van der Waals surface area contributed by atoms with Crippen LogP contribution in [-0.4, -0.2) is 41.3 Å². The number of imidazole rings is 1. The molecule has 38 heavy (non-hydrogen) atoms. The Balaban J connectivity index is 1.42. The van der Waals surface area contributed by atoms with Crippen LogP contribution < -0.4 is 10.7 Å². The lowest BCUT2D eigenvalue weighted by Crippen LogP contribution is -2.55. The molecule has 2 atom stereocenters. The van der Waals surface area contributed by atoms with Crippen LogP contribution in [0, 0.1) is 6.92 Å². The lowest BCUT2D eigenvalue weighted by Gasteiger charge is -2.41. The molecule has 0 aliphatic carbocycles. The van der Waals surface area contributed by atoms with E-state index in [1.807, 2.05) is 54.6 Å². The highest BCUT2D eigenvalue weighted by Gasteiger charge is 2.50. The van der Waals surface area contributed by atoms with Crippen LogP contribution in [0.15, 0.2) is 66.3 Å². The lowest BCUT2D eigenvalue weighted by molar-refractivity contribution is -0.119. The van der Waals surface area contributed by atoms with E-state index in [-0.39, 0.29) is 18.4 Å². The molecule has 0 bridgehead atoms. The molecule has 2 aliphatic heterocycles. The Bertz CT molecular complexity index is 1710. The highest BCUT2D eigenvalue weighted by Crippen LogP contribution is 2.44. The van der Waals surface area contributed by atoms with Crippen molar-refractivity contribution in [2.45, 2.75) is 44.8 Å². The zero-order chi connectivity index (χ0) is 25.9. The molecule has 4 N–H and O–H groups in total. The summed E-state index contributed by atoms with van der Waals surface area (Å²) in [5, 5.41) is 14.1. The topological polar surface area (TPSA) is 129 Å². The van der Waals surface area contributed by atoms with E-state index in [1.54, 1.807) is 0 Å². The number of nitrogens with zero attached hydrogens (tertiary/aromatic N) is 5. The van der Waals surface area contributed by atoms with E-state index < -0.39 is 5.54 Å². The number of para-hydroxylation sites is 1. The van der Waals surface area contributed by atoms with Gasteiger partial charge in [-0.2, -0.15) is 10.2 Å². The van der Waals surface area contributed by atoms with Gasteiger partial charge in [-0.15, -0.1) is 0 Å². The van der Waals surface area contributed by atoms with Gasteiger partial charge in [0.15, 0.2) is 0 Å². The first-order valence-corrected chi connectivity index (χ1v) is 12.8. The quantitative estimate of drug-likeness (QED) is 0.291. The summed E-state index contributed by atoms with van der Waals surface area (Å²) in [6.07, 6.45) is 8.46. The van der Waals surface area contributed by atoms with E-state index in [0.29, 0.717) is 12.1 Å². The fourth-order valence-electron chi connectivity index (χ4n) is 5.69. The number of hydrogen-bond donors (Lipinski definition) is 4. The van der Waals surface area contributed by atoms with Crippen molar-refractivity contribution in [1.29, 1.82) is 0 Å². The second-order valence-corrected chi connectivity index (χ2v) is 9.93. The maximum atomic E-state index is 12.4. The van der Waals surface area contributed by atoms with Gasteiger partial charge in [-0.05, 0) is 43.5 Å². The molecule has 0 saturated heterocycles. The van der Waals surface area contributed by atoms with E-state index >= 15 is 0 Å². The van der Waals surface area contributed by atoms with E-state index in [2.05, 4.69) is 61.0 Å². The summed E-state index contributed by atoms with van der Waals surface area (Å²) in [5.41, 5.74) is 9.35. The largest absolute Gasteiger partial charge is 0.356 e. The Kier molecular flexibility index (Phi) is 5.05. The normalized spacial score (nSPS) is 20.9. The SMILES string of the molecule is CCn1cc(C2(C3=NNC(=O)C3)N[C@@H](c3ncc(-c4ccc(C)cn4)[nH]3)Cc3c2[nH]c2ccccc32)cn1. The number of hydrogen-bond acceptors (Lipinski definition) is 6. The maximum Gasteiger partial charge on any atom is 0.245 e. The molecule has 7 rings (SSSR count). The number of pyridine rings is 1. The van der Waals surface area contributed by atoms with Gasteiger partial charge in [-0.3, -0.25) is 19.8 Å². The van der Waals surface area contributed by atoms with Crippen LogP contribution in [-0.2, 0) is 23.3 Å². The highest BCUT2D eigenvalue weighted by molar-refractivity contribution is 6.12. The molecule has 1 amide bonds. The zero-order valence-corrected chi connectivity index (χ0v) is 21.1. The number of carbonyl (C=O) groups is 1. The summed E-state index contributed by atoms with van der Waals surface area (Å²) in [6, 6.07) is 12.1. The summed E-state index contributed by atoms with van der Waals surface area (Å²) < 4.78 is 1.89. The molecule has 10 heteroatoms. The van der Waals surface area contributed by atoms with Crippen LogP contribution in [0.1, 0.15) is 47.6 Å². The summed E-state index contributed by atoms with van der Waals surface area (Å²) >= 11 is 0. The van der Waals surface area contributed by atoms with E-state index in [1.165, 1.54) is 5.56 Å². The second kappa shape index (κ2) is 8.49. The van der Waals surface area contributed by atoms with Crippen LogP contribution in [0.4, 0.5) is 0 Å². The monoisotopic (exact) mass is 505 g/mol. The Hall–Kier alpha value is -4.57. The van der Waals surface area contributed by atoms with Crippen LogP contribution >= 0.6 is 0 Å². The van der Waals surface area contributed by atoms with Crippen molar-refractivity contribution in [1.82, 2.24) is 40.5 Å². The fraction of sp³-hybridized carbons (Fsp3) is 0.250. The van der Waals surface area contributed by atoms with E-state index in [4.69, 9.17) is 4.98 Å². The average molecular weight is 506 g/mol. The first-order valence-electron chi connectivity index (χ1n) is 12.8. The fourth-order valence-corrected chi connectivity index (χ4v) is 5.69. The van der Waals surface area contributed by atoms with Gasteiger partial charge in [0.05, 0.1) is 47.6 Å². The minimum Gasteiger partial charge on any atom is -0.356 e. The maximum absolute atomic E-state index is 12.4. The molecule has 0 radical (unpaired) electrons. The third-order valence-electron chi connectivity index (χ3n) is 7.57. The van der Waals surface area contributed by atoms with E-state index in [0.717, 1.165) is 51.5 Å². The number of aromatic nitrogens is 6. The van der Waals surface area contributed by atoms with Gasteiger partial charge >= 0.3 is 0 Å². The smallest absolute Gasteiger partial charge is 0.245 e. The molecule has 4 aromatic heterocycles. The number of rotatable bonds is 5. The molecule has 0 saturated carbocycles. The predicted octanol–water partition coefficient (Wildman–Crippen LogP) is 3.48. The van der Waals surface area contributed by atoms with Crippen LogP contribution in [0.3, 0.4) is 0 Å². The van der Waals surface area contributed by atoms with Gasteiger partial charge in [-0.1, -0.05) is 24.3 Å². The molecular weight excluding hydrogens is 478 g/mol. The third-order valence-corrected chi connectivity index (χ3v) is 7.57. The molecule has 2 aliphatic rings. The van der Waals surface area contributed by atoms with Crippen molar-refractivity contribution in [2.75, 3.05) is 0 Å². The van der Waals surface area contributed by atoms with Gasteiger partial charge in [0, 0.05) is 35.4 Å². The molecule has 1 unspecified atom stereocenters. The standard InChI is InChI=1S/C28H27N9O/c1-3-37-15-17(13-31-37)28(24-11-25(38)36-35-24)26-19(18-6-4-5-7-20(18)32-26)10-22(34-28)27-30-14-23(33-27)21-9-8-16(2)12-29-21/h4-9,12-15,22,32,34H,3,10-11H2,1-2H3,(H,30,33)(H,36,38)/t22-,28?/m1/s1. The Labute approximate surface area is 218 Å². The highest BCUT2D eigenvalue weighted by atomic mass is 16.2. The van der Waals surface area contributed by atoms with Gasteiger partial charge in [0.1, 0.15) is 11.4 Å². The minimum absolute atomic E-state index is 0.130. The Morgan fingerprint density at radius 3 is 2.74 bits per heavy atom. The van der Waals surface area contributed by atoms with Crippen molar-refractivity contribution in [3.63, 3.8) is 0 Å². The predicted molar refractivity (Wildman–Crippen MR) is 143 cm³/mol. The van der Waals surface area contributed by atoms with Crippen molar-refractivity contribution in [3.05, 3.63) is 89.4 Å². The summed E-state index contributed by atoms with van der Waals surface area (Å²) in [5.74, 6) is 0.665. The summed E-state index contributed by atoms with van der Waals surface area (Å²) in [7, 11) is 0. The first-order chi connectivity index (χ1) is 18.5.